The van der Waals surface area contributed by atoms with Gasteiger partial charge in [-0.05, 0) is 29.0 Å². The van der Waals surface area contributed by atoms with Crippen molar-refractivity contribution < 1.29 is 9.72 Å². The Morgan fingerprint density at radius 1 is 1.40 bits per heavy atom. The van der Waals surface area contributed by atoms with Crippen LogP contribution in [0.15, 0.2) is 34.9 Å². The Hall–Kier alpha value is -2.22. The van der Waals surface area contributed by atoms with Crippen LogP contribution in [0.25, 0.3) is 0 Å². The van der Waals surface area contributed by atoms with Crippen LogP contribution in [0, 0.1) is 10.1 Å². The minimum atomic E-state index is -0.855. The second kappa shape index (κ2) is 5.83. The molecule has 7 nitrogen and oxygen atoms in total. The molecule has 0 radical (unpaired) electrons. The molecule has 1 heterocycles. The van der Waals surface area contributed by atoms with Gasteiger partial charge in [-0.1, -0.05) is 28.1 Å². The lowest BCUT2D eigenvalue weighted by Crippen LogP contribution is -2.11. The Morgan fingerprint density at radius 2 is 2.05 bits per heavy atom. The standard InChI is InChI=1S/C12H11BrN4O3/c13-9-3-1-8(2-4-9)5-6-16-7-10(11(14)18)12(15-16)17(19)20/h1-4,7H,5-6H2,(H2,14,18). The minimum Gasteiger partial charge on any atom is -0.365 e. The van der Waals surface area contributed by atoms with Crippen molar-refractivity contribution in [3.63, 3.8) is 0 Å². The number of hydrogen-bond donors (Lipinski definition) is 1. The highest BCUT2D eigenvalue weighted by molar-refractivity contribution is 9.10. The lowest BCUT2D eigenvalue weighted by atomic mass is 10.1. The van der Waals surface area contributed by atoms with Crippen LogP contribution in [-0.4, -0.2) is 20.6 Å². The van der Waals surface area contributed by atoms with Gasteiger partial charge in [-0.2, -0.15) is 4.68 Å². The zero-order chi connectivity index (χ0) is 14.7. The number of carbonyl (C=O) groups excluding carboxylic acids is 1. The Bertz CT molecular complexity index is 620. The number of nitrogens with zero attached hydrogens (tertiary/aromatic N) is 3. The number of hydrogen-bond acceptors (Lipinski definition) is 4. The molecule has 2 N–H and O–H groups in total. The van der Waals surface area contributed by atoms with Crippen LogP contribution < -0.4 is 5.73 Å². The minimum absolute atomic E-state index is 0.175. The van der Waals surface area contributed by atoms with Gasteiger partial charge in [0.15, 0.2) is 5.56 Å². The monoisotopic (exact) mass is 338 g/mol. The predicted octanol–water partition coefficient (Wildman–Crippen LogP) is 1.90. The molecule has 0 bridgehead atoms. The Kier molecular flexibility index (Phi) is 4.14. The first-order valence-electron chi connectivity index (χ1n) is 5.73. The number of nitro groups is 1. The van der Waals surface area contributed by atoms with Crippen molar-refractivity contribution in [2.24, 2.45) is 5.73 Å². The highest BCUT2D eigenvalue weighted by atomic mass is 79.9. The summed E-state index contributed by atoms with van der Waals surface area (Å²) < 4.78 is 2.34. The fourth-order valence-corrected chi connectivity index (χ4v) is 1.99. The molecule has 0 aliphatic rings. The van der Waals surface area contributed by atoms with Gasteiger partial charge in [-0.3, -0.25) is 4.79 Å². The zero-order valence-corrected chi connectivity index (χ0v) is 11.9. The summed E-state index contributed by atoms with van der Waals surface area (Å²) in [5, 5.41) is 14.5. The number of aromatic nitrogens is 2. The molecule has 1 amide bonds. The molecule has 0 spiro atoms. The zero-order valence-electron chi connectivity index (χ0n) is 10.3. The van der Waals surface area contributed by atoms with Crippen molar-refractivity contribution in [2.45, 2.75) is 13.0 Å². The highest BCUT2D eigenvalue weighted by Gasteiger charge is 2.24. The molecule has 0 saturated carbocycles. The average Bonchev–Trinajstić information content (AvgIpc) is 2.83. The van der Waals surface area contributed by atoms with Gasteiger partial charge in [-0.15, -0.1) is 0 Å². The fourth-order valence-electron chi connectivity index (χ4n) is 1.73. The van der Waals surface area contributed by atoms with Gasteiger partial charge in [0, 0.05) is 4.47 Å². The Morgan fingerprint density at radius 3 is 2.55 bits per heavy atom. The third-order valence-corrected chi connectivity index (χ3v) is 3.25. The number of primary amides is 1. The van der Waals surface area contributed by atoms with E-state index in [9.17, 15) is 14.9 Å². The van der Waals surface area contributed by atoms with E-state index in [1.807, 2.05) is 24.3 Å². The molecule has 8 heteroatoms. The van der Waals surface area contributed by atoms with E-state index in [2.05, 4.69) is 21.0 Å². The summed E-state index contributed by atoms with van der Waals surface area (Å²) in [6.45, 7) is 0.426. The van der Waals surface area contributed by atoms with Gasteiger partial charge in [0.05, 0.1) is 17.8 Å². The van der Waals surface area contributed by atoms with Crippen LogP contribution in [0.1, 0.15) is 15.9 Å². The molecular formula is C12H11BrN4O3. The van der Waals surface area contributed by atoms with E-state index >= 15 is 0 Å². The molecule has 0 saturated heterocycles. The fraction of sp³-hybridized carbons (Fsp3) is 0.167. The van der Waals surface area contributed by atoms with Gasteiger partial charge in [0.25, 0.3) is 5.91 Å². The van der Waals surface area contributed by atoms with Crippen LogP contribution in [0.5, 0.6) is 0 Å². The third kappa shape index (κ3) is 3.21. The largest absolute Gasteiger partial charge is 0.402 e. The first kappa shape index (κ1) is 14.2. The van der Waals surface area contributed by atoms with E-state index in [1.165, 1.54) is 10.9 Å². The van der Waals surface area contributed by atoms with Crippen LogP contribution in [0.4, 0.5) is 5.82 Å². The molecular weight excluding hydrogens is 328 g/mol. The number of carbonyl (C=O) groups is 1. The molecule has 2 aromatic rings. The van der Waals surface area contributed by atoms with E-state index in [-0.39, 0.29) is 5.56 Å². The number of aryl methyl sites for hydroxylation is 2. The van der Waals surface area contributed by atoms with Crippen molar-refractivity contribution in [1.82, 2.24) is 9.78 Å². The molecule has 0 fully saturated rings. The second-order valence-corrected chi connectivity index (χ2v) is 5.04. The number of halogens is 1. The van der Waals surface area contributed by atoms with Gasteiger partial charge >= 0.3 is 5.82 Å². The summed E-state index contributed by atoms with van der Waals surface area (Å²) >= 11 is 3.34. The summed E-state index contributed by atoms with van der Waals surface area (Å²) in [5.74, 6) is -1.36. The summed E-state index contributed by atoms with van der Waals surface area (Å²) in [5.41, 5.74) is 5.97. The average molecular weight is 339 g/mol. The van der Waals surface area contributed by atoms with Gasteiger partial charge in [-0.25, -0.2) is 0 Å². The lowest BCUT2D eigenvalue weighted by molar-refractivity contribution is -0.390. The van der Waals surface area contributed by atoms with E-state index in [4.69, 9.17) is 5.73 Å². The molecule has 104 valence electrons. The van der Waals surface area contributed by atoms with Gasteiger partial charge in [0.2, 0.25) is 0 Å². The van der Waals surface area contributed by atoms with Crippen molar-refractivity contribution in [3.05, 3.63) is 56.2 Å². The first-order chi connectivity index (χ1) is 9.47. The van der Waals surface area contributed by atoms with Gasteiger partial charge in [0.1, 0.15) is 0 Å². The van der Waals surface area contributed by atoms with Crippen LogP contribution >= 0.6 is 15.9 Å². The number of amides is 1. The van der Waals surface area contributed by atoms with E-state index in [0.717, 1.165) is 10.0 Å². The number of rotatable bonds is 5. The topological polar surface area (TPSA) is 104 Å². The Labute approximate surface area is 122 Å². The summed E-state index contributed by atoms with van der Waals surface area (Å²) in [6.07, 6.45) is 1.95. The van der Waals surface area contributed by atoms with E-state index in [1.54, 1.807) is 0 Å². The smallest absolute Gasteiger partial charge is 0.365 e. The molecule has 0 unspecified atom stereocenters. The second-order valence-electron chi connectivity index (χ2n) is 4.13. The van der Waals surface area contributed by atoms with E-state index in [0.29, 0.717) is 13.0 Å². The molecule has 0 aliphatic carbocycles. The molecule has 20 heavy (non-hydrogen) atoms. The molecule has 0 atom stereocenters. The predicted molar refractivity (Wildman–Crippen MR) is 75.2 cm³/mol. The first-order valence-corrected chi connectivity index (χ1v) is 6.53. The van der Waals surface area contributed by atoms with Crippen LogP contribution in [0.2, 0.25) is 0 Å². The summed E-state index contributed by atoms with van der Waals surface area (Å²) in [4.78, 5) is 21.2. The van der Waals surface area contributed by atoms with Gasteiger partial charge < -0.3 is 15.8 Å². The van der Waals surface area contributed by atoms with Crippen LogP contribution in [-0.2, 0) is 13.0 Å². The SMILES string of the molecule is NC(=O)c1cn(CCc2ccc(Br)cc2)nc1[N+](=O)[O-]. The van der Waals surface area contributed by atoms with Crippen molar-refractivity contribution >= 4 is 27.7 Å². The van der Waals surface area contributed by atoms with Crippen molar-refractivity contribution in [2.75, 3.05) is 0 Å². The molecule has 2 rings (SSSR count). The quantitative estimate of drug-likeness (QED) is 0.663. The molecule has 1 aromatic carbocycles. The van der Waals surface area contributed by atoms with Crippen molar-refractivity contribution in [3.8, 4) is 0 Å². The maximum atomic E-state index is 11.1. The number of benzene rings is 1. The lowest BCUT2D eigenvalue weighted by Gasteiger charge is -1.99. The Balaban J connectivity index is 2.14. The van der Waals surface area contributed by atoms with Crippen molar-refractivity contribution in [1.29, 1.82) is 0 Å². The van der Waals surface area contributed by atoms with Crippen LogP contribution in [0.3, 0.4) is 0 Å². The maximum absolute atomic E-state index is 11.1. The third-order valence-electron chi connectivity index (χ3n) is 2.72. The molecule has 0 aliphatic heterocycles. The summed E-state index contributed by atoms with van der Waals surface area (Å²) in [7, 11) is 0. The maximum Gasteiger partial charge on any atom is 0.402 e. The number of nitrogens with two attached hydrogens (primary N) is 1. The summed E-state index contributed by atoms with van der Waals surface area (Å²) in [6, 6.07) is 7.71. The van der Waals surface area contributed by atoms with E-state index < -0.39 is 16.6 Å². The molecule has 1 aromatic heterocycles. The normalized spacial score (nSPS) is 10.4. The highest BCUT2D eigenvalue weighted by Crippen LogP contribution is 2.16.